The number of hydrogen-bond acceptors (Lipinski definition) is 5. The van der Waals surface area contributed by atoms with Crippen LogP contribution in [0.15, 0.2) is 22.7 Å². The van der Waals surface area contributed by atoms with Crippen LogP contribution < -0.4 is 5.73 Å². The summed E-state index contributed by atoms with van der Waals surface area (Å²) in [5.74, 6) is 2.42. The first-order chi connectivity index (χ1) is 9.65. The molecule has 1 aliphatic heterocycles. The molecule has 1 aromatic carbocycles. The van der Waals surface area contributed by atoms with Crippen LogP contribution in [0.2, 0.25) is 5.02 Å². The van der Waals surface area contributed by atoms with Gasteiger partial charge in [0.05, 0.1) is 10.9 Å². The molecular weight excluding hydrogens is 301 g/mol. The summed E-state index contributed by atoms with van der Waals surface area (Å²) in [6, 6.07) is 4.91. The Morgan fingerprint density at radius 3 is 3.05 bits per heavy atom. The van der Waals surface area contributed by atoms with Crippen molar-refractivity contribution in [2.45, 2.75) is 18.4 Å². The molecule has 106 valence electrons. The zero-order valence-electron chi connectivity index (χ0n) is 10.6. The number of halogens is 2. The lowest BCUT2D eigenvalue weighted by Crippen LogP contribution is -2.26. The first kappa shape index (κ1) is 13.9. The highest BCUT2D eigenvalue weighted by Crippen LogP contribution is 2.30. The third kappa shape index (κ3) is 2.68. The van der Waals surface area contributed by atoms with Crippen molar-refractivity contribution in [1.29, 1.82) is 0 Å². The van der Waals surface area contributed by atoms with Crippen LogP contribution in [0.3, 0.4) is 0 Å². The van der Waals surface area contributed by atoms with Crippen molar-refractivity contribution in [2.24, 2.45) is 5.73 Å². The third-order valence-corrected chi connectivity index (χ3v) is 4.81. The van der Waals surface area contributed by atoms with Gasteiger partial charge in [0.25, 0.3) is 0 Å². The molecule has 2 atom stereocenters. The van der Waals surface area contributed by atoms with Gasteiger partial charge in [0.2, 0.25) is 5.89 Å². The van der Waals surface area contributed by atoms with Crippen LogP contribution in [0.25, 0.3) is 0 Å². The Morgan fingerprint density at radius 2 is 2.30 bits per heavy atom. The molecule has 1 saturated heterocycles. The molecule has 4 nitrogen and oxygen atoms in total. The van der Waals surface area contributed by atoms with E-state index in [4.69, 9.17) is 21.9 Å². The van der Waals surface area contributed by atoms with E-state index in [0.717, 1.165) is 11.5 Å². The van der Waals surface area contributed by atoms with Crippen molar-refractivity contribution >= 4 is 23.4 Å². The molecule has 7 heteroatoms. The fourth-order valence-corrected chi connectivity index (χ4v) is 3.65. The van der Waals surface area contributed by atoms with Crippen molar-refractivity contribution < 1.29 is 8.91 Å². The van der Waals surface area contributed by atoms with Gasteiger partial charge < -0.3 is 10.3 Å². The van der Waals surface area contributed by atoms with E-state index in [0.29, 0.717) is 17.3 Å². The summed E-state index contributed by atoms with van der Waals surface area (Å²) in [4.78, 5) is 4.33. The van der Waals surface area contributed by atoms with Crippen LogP contribution in [0, 0.1) is 5.82 Å². The quantitative estimate of drug-likeness (QED) is 0.943. The molecule has 0 bridgehead atoms. The van der Waals surface area contributed by atoms with Crippen LogP contribution in [-0.4, -0.2) is 27.7 Å². The van der Waals surface area contributed by atoms with E-state index in [2.05, 4.69) is 10.1 Å². The summed E-state index contributed by atoms with van der Waals surface area (Å²) in [6.45, 7) is 0. The minimum absolute atomic E-state index is 0.0382. The lowest BCUT2D eigenvalue weighted by molar-refractivity contribution is 0.349. The molecule has 0 aliphatic carbocycles. The number of nitrogens with zero attached hydrogens (tertiary/aromatic N) is 2. The Hall–Kier alpha value is -1.11. The molecule has 2 aromatic rings. The van der Waals surface area contributed by atoms with E-state index < -0.39 is 5.82 Å². The second kappa shape index (κ2) is 5.71. The van der Waals surface area contributed by atoms with Gasteiger partial charge in [0.1, 0.15) is 5.82 Å². The fraction of sp³-hybridized carbons (Fsp3) is 0.385. The van der Waals surface area contributed by atoms with E-state index in [9.17, 15) is 4.39 Å². The van der Waals surface area contributed by atoms with Gasteiger partial charge in [-0.3, -0.25) is 0 Å². The number of thioether (sulfide) groups is 1. The Labute approximate surface area is 124 Å². The first-order valence-corrected chi connectivity index (χ1v) is 7.77. The topological polar surface area (TPSA) is 64.9 Å². The summed E-state index contributed by atoms with van der Waals surface area (Å²) in [6.07, 6.45) is 0.255. The van der Waals surface area contributed by atoms with Crippen LogP contribution in [0.1, 0.15) is 23.2 Å². The van der Waals surface area contributed by atoms with E-state index in [1.807, 2.05) is 0 Å². The number of rotatable bonds is 3. The van der Waals surface area contributed by atoms with Gasteiger partial charge in [-0.15, -0.1) is 0 Å². The second-order valence-electron chi connectivity index (χ2n) is 4.75. The molecule has 20 heavy (non-hydrogen) atoms. The zero-order chi connectivity index (χ0) is 14.1. The smallest absolute Gasteiger partial charge is 0.232 e. The largest absolute Gasteiger partial charge is 0.339 e. The normalized spacial score (nSPS) is 22.4. The number of benzene rings is 1. The number of aromatic nitrogens is 2. The predicted octanol–water partition coefficient (Wildman–Crippen LogP) is 2.61. The maximum Gasteiger partial charge on any atom is 0.232 e. The number of hydrogen-bond donors (Lipinski definition) is 1. The SMILES string of the molecule is NC1CSCC1c1nc(Cc2cccc(Cl)c2F)no1. The van der Waals surface area contributed by atoms with Crippen LogP contribution in [-0.2, 0) is 6.42 Å². The molecule has 0 amide bonds. The fourth-order valence-electron chi connectivity index (χ4n) is 2.17. The molecule has 2 unspecified atom stereocenters. The predicted molar refractivity (Wildman–Crippen MR) is 76.6 cm³/mol. The average Bonchev–Trinajstić information content (AvgIpc) is 3.04. The Kier molecular flexibility index (Phi) is 3.96. The zero-order valence-corrected chi connectivity index (χ0v) is 12.1. The Morgan fingerprint density at radius 1 is 1.45 bits per heavy atom. The molecule has 1 aromatic heterocycles. The first-order valence-electron chi connectivity index (χ1n) is 6.24. The maximum absolute atomic E-state index is 13.8. The Bertz CT molecular complexity index is 621. The van der Waals surface area contributed by atoms with E-state index in [-0.39, 0.29) is 23.4 Å². The van der Waals surface area contributed by atoms with E-state index >= 15 is 0 Å². The van der Waals surface area contributed by atoms with E-state index in [1.165, 1.54) is 6.07 Å². The monoisotopic (exact) mass is 313 g/mol. The van der Waals surface area contributed by atoms with Crippen molar-refractivity contribution in [2.75, 3.05) is 11.5 Å². The molecule has 3 rings (SSSR count). The van der Waals surface area contributed by atoms with Crippen LogP contribution >= 0.6 is 23.4 Å². The minimum Gasteiger partial charge on any atom is -0.339 e. The summed E-state index contributed by atoms with van der Waals surface area (Å²) < 4.78 is 19.1. The summed E-state index contributed by atoms with van der Waals surface area (Å²) >= 11 is 7.52. The van der Waals surface area contributed by atoms with Gasteiger partial charge in [-0.05, 0) is 11.6 Å². The lowest BCUT2D eigenvalue weighted by atomic mass is 10.1. The van der Waals surface area contributed by atoms with Gasteiger partial charge >= 0.3 is 0 Å². The molecule has 0 saturated carbocycles. The van der Waals surface area contributed by atoms with Gasteiger partial charge in [0, 0.05) is 24.0 Å². The van der Waals surface area contributed by atoms with E-state index in [1.54, 1.807) is 23.9 Å². The van der Waals surface area contributed by atoms with Crippen molar-refractivity contribution in [3.05, 3.63) is 46.3 Å². The second-order valence-corrected chi connectivity index (χ2v) is 6.23. The van der Waals surface area contributed by atoms with Crippen molar-refractivity contribution in [3.63, 3.8) is 0 Å². The maximum atomic E-state index is 13.8. The third-order valence-electron chi connectivity index (χ3n) is 3.31. The summed E-state index contributed by atoms with van der Waals surface area (Å²) in [5.41, 5.74) is 6.44. The molecule has 0 spiro atoms. The average molecular weight is 314 g/mol. The van der Waals surface area contributed by atoms with Gasteiger partial charge in [-0.25, -0.2) is 4.39 Å². The molecule has 1 fully saturated rings. The van der Waals surface area contributed by atoms with Gasteiger partial charge in [0.15, 0.2) is 5.82 Å². The van der Waals surface area contributed by atoms with Gasteiger partial charge in [-0.1, -0.05) is 28.9 Å². The Balaban J connectivity index is 1.79. The standard InChI is InChI=1S/C13H13ClFN3OS/c14-9-3-1-2-7(12(9)15)4-11-17-13(19-18-11)8-5-20-6-10(8)16/h1-3,8,10H,4-6,16H2. The molecule has 2 N–H and O–H groups in total. The minimum atomic E-state index is -0.436. The lowest BCUT2D eigenvalue weighted by Gasteiger charge is -2.07. The summed E-state index contributed by atoms with van der Waals surface area (Å²) in [7, 11) is 0. The summed E-state index contributed by atoms with van der Waals surface area (Å²) in [5, 5.41) is 4.00. The van der Waals surface area contributed by atoms with Crippen LogP contribution in [0.4, 0.5) is 4.39 Å². The van der Waals surface area contributed by atoms with Crippen LogP contribution in [0.5, 0.6) is 0 Å². The van der Waals surface area contributed by atoms with Gasteiger partial charge in [-0.2, -0.15) is 16.7 Å². The van der Waals surface area contributed by atoms with Crippen molar-refractivity contribution in [1.82, 2.24) is 10.1 Å². The molecule has 1 aliphatic rings. The highest BCUT2D eigenvalue weighted by atomic mass is 35.5. The molecule has 0 radical (unpaired) electrons. The highest BCUT2D eigenvalue weighted by Gasteiger charge is 2.30. The molecular formula is C13H13ClFN3OS. The van der Waals surface area contributed by atoms with Crippen molar-refractivity contribution in [3.8, 4) is 0 Å². The molecule has 2 heterocycles. The highest BCUT2D eigenvalue weighted by molar-refractivity contribution is 7.99. The number of nitrogens with two attached hydrogens (primary N) is 1.